The molecule has 2 amide bonds. The number of piperidine rings is 1. The first-order valence-electron chi connectivity index (χ1n) is 10.3. The number of amides is 2. The van der Waals surface area contributed by atoms with Crippen molar-refractivity contribution in [2.45, 2.75) is 51.2 Å². The molecule has 2 aromatic rings. The van der Waals surface area contributed by atoms with Gasteiger partial charge in [0.15, 0.2) is 0 Å². The Bertz CT molecular complexity index is 1070. The summed E-state index contributed by atoms with van der Waals surface area (Å²) in [6, 6.07) is 9.85. The van der Waals surface area contributed by atoms with Crippen LogP contribution in [0.1, 0.15) is 36.8 Å². The summed E-state index contributed by atoms with van der Waals surface area (Å²) in [5, 5.41) is 0. The maximum absolute atomic E-state index is 13.5. The molecule has 1 aromatic heterocycles. The molecular formula is C22H26N4O4. The summed E-state index contributed by atoms with van der Waals surface area (Å²) in [6.45, 7) is 3.10. The minimum Gasteiger partial charge on any atom is -0.336 e. The molecule has 0 radical (unpaired) electrons. The van der Waals surface area contributed by atoms with Gasteiger partial charge in [-0.2, -0.15) is 0 Å². The quantitative estimate of drug-likeness (QED) is 0.814. The minimum atomic E-state index is -0.828. The predicted molar refractivity (Wildman–Crippen MR) is 111 cm³/mol. The van der Waals surface area contributed by atoms with Crippen LogP contribution in [0.15, 0.2) is 46.1 Å². The number of aromatic amines is 1. The fourth-order valence-corrected chi connectivity index (χ4v) is 4.71. The van der Waals surface area contributed by atoms with E-state index in [0.717, 1.165) is 18.4 Å². The van der Waals surface area contributed by atoms with Gasteiger partial charge in [0.1, 0.15) is 12.1 Å². The third kappa shape index (κ3) is 3.58. The molecule has 2 fully saturated rings. The van der Waals surface area contributed by atoms with Crippen molar-refractivity contribution in [2.75, 3.05) is 13.1 Å². The fraction of sp³-hybridized carbons (Fsp3) is 0.455. The molecule has 1 spiro atoms. The zero-order valence-corrected chi connectivity index (χ0v) is 17.1. The van der Waals surface area contributed by atoms with Crippen LogP contribution in [-0.4, -0.2) is 49.8 Å². The maximum atomic E-state index is 13.5. The van der Waals surface area contributed by atoms with Crippen LogP contribution in [0.3, 0.4) is 0 Å². The van der Waals surface area contributed by atoms with Gasteiger partial charge in [-0.25, -0.2) is 4.79 Å². The summed E-state index contributed by atoms with van der Waals surface area (Å²) in [7, 11) is 0. The zero-order valence-electron chi connectivity index (χ0n) is 17.1. The lowest BCUT2D eigenvalue weighted by atomic mass is 9.85. The van der Waals surface area contributed by atoms with E-state index in [1.807, 2.05) is 35.2 Å². The lowest BCUT2D eigenvalue weighted by Crippen LogP contribution is -2.61. The summed E-state index contributed by atoms with van der Waals surface area (Å²) in [5.74, 6) is -0.274. The van der Waals surface area contributed by atoms with E-state index in [0.29, 0.717) is 38.0 Å². The number of H-pyrrole nitrogens is 1. The minimum absolute atomic E-state index is 0.00607. The number of likely N-dealkylation sites (tertiary alicyclic amines) is 2. The van der Waals surface area contributed by atoms with E-state index in [1.165, 1.54) is 10.8 Å². The van der Waals surface area contributed by atoms with Gasteiger partial charge in [-0.15, -0.1) is 0 Å². The molecule has 0 aliphatic carbocycles. The molecule has 8 heteroatoms. The first-order chi connectivity index (χ1) is 14.4. The molecule has 1 N–H and O–H groups in total. The molecule has 0 bridgehead atoms. The zero-order chi connectivity index (χ0) is 21.3. The van der Waals surface area contributed by atoms with Crippen LogP contribution < -0.4 is 11.2 Å². The van der Waals surface area contributed by atoms with Gasteiger partial charge in [0.25, 0.3) is 5.56 Å². The highest BCUT2D eigenvalue weighted by molar-refractivity contribution is 5.92. The largest absolute Gasteiger partial charge is 0.336 e. The van der Waals surface area contributed by atoms with Crippen LogP contribution in [0.25, 0.3) is 0 Å². The topological polar surface area (TPSA) is 95.5 Å². The van der Waals surface area contributed by atoms with E-state index in [9.17, 15) is 19.2 Å². The number of hydrogen-bond donors (Lipinski definition) is 1. The molecule has 3 heterocycles. The van der Waals surface area contributed by atoms with E-state index in [1.54, 1.807) is 11.8 Å². The summed E-state index contributed by atoms with van der Waals surface area (Å²) in [5.41, 5.74) is -0.478. The highest BCUT2D eigenvalue weighted by Crippen LogP contribution is 2.38. The van der Waals surface area contributed by atoms with Crippen molar-refractivity contribution < 1.29 is 9.59 Å². The maximum Gasteiger partial charge on any atom is 0.328 e. The Labute approximate surface area is 174 Å². The van der Waals surface area contributed by atoms with E-state index in [4.69, 9.17) is 0 Å². The molecule has 2 saturated heterocycles. The van der Waals surface area contributed by atoms with Gasteiger partial charge in [-0.1, -0.05) is 30.3 Å². The van der Waals surface area contributed by atoms with Crippen LogP contribution in [0.2, 0.25) is 0 Å². The van der Waals surface area contributed by atoms with Crippen LogP contribution in [0.4, 0.5) is 0 Å². The summed E-state index contributed by atoms with van der Waals surface area (Å²) in [6.07, 6.45) is 4.27. The molecule has 1 unspecified atom stereocenters. The van der Waals surface area contributed by atoms with E-state index in [2.05, 4.69) is 4.98 Å². The van der Waals surface area contributed by atoms with Crippen molar-refractivity contribution in [1.29, 1.82) is 0 Å². The number of benzene rings is 1. The summed E-state index contributed by atoms with van der Waals surface area (Å²) < 4.78 is 1.21. The second kappa shape index (κ2) is 7.93. The first-order valence-corrected chi connectivity index (χ1v) is 10.3. The van der Waals surface area contributed by atoms with Gasteiger partial charge in [0.2, 0.25) is 11.8 Å². The Kier molecular flexibility index (Phi) is 5.32. The Morgan fingerprint density at radius 3 is 2.50 bits per heavy atom. The molecule has 2 aliphatic heterocycles. The van der Waals surface area contributed by atoms with E-state index < -0.39 is 16.8 Å². The van der Waals surface area contributed by atoms with Crippen LogP contribution in [-0.2, 0) is 22.7 Å². The van der Waals surface area contributed by atoms with Crippen molar-refractivity contribution in [1.82, 2.24) is 19.4 Å². The average molecular weight is 410 g/mol. The van der Waals surface area contributed by atoms with Crippen LogP contribution >= 0.6 is 0 Å². The second-order valence-electron chi connectivity index (χ2n) is 8.20. The Balaban J connectivity index is 1.56. The van der Waals surface area contributed by atoms with Crippen molar-refractivity contribution in [2.24, 2.45) is 0 Å². The standard InChI is InChI=1S/C22H26N4O4/c1-16-13-25(21(30)23-19(16)28)15-18(27)26-12-6-10-22(26)9-5-11-24(20(22)29)14-17-7-3-2-4-8-17/h2-4,7-8,13H,5-6,9-12,14-15H2,1H3,(H,23,28,30). The van der Waals surface area contributed by atoms with Gasteiger partial charge >= 0.3 is 5.69 Å². The van der Waals surface area contributed by atoms with Crippen LogP contribution in [0, 0.1) is 6.92 Å². The van der Waals surface area contributed by atoms with Crippen molar-refractivity contribution >= 4 is 11.8 Å². The molecule has 8 nitrogen and oxygen atoms in total. The molecule has 0 saturated carbocycles. The molecule has 4 rings (SSSR count). The van der Waals surface area contributed by atoms with Gasteiger partial charge < -0.3 is 9.80 Å². The lowest BCUT2D eigenvalue weighted by Gasteiger charge is -2.44. The predicted octanol–water partition coefficient (Wildman–Crippen LogP) is 1.03. The number of nitrogens with zero attached hydrogens (tertiary/aromatic N) is 3. The first kappa shape index (κ1) is 20.1. The number of carbonyl (C=O) groups excluding carboxylic acids is 2. The third-order valence-corrected chi connectivity index (χ3v) is 6.20. The number of rotatable bonds is 4. The van der Waals surface area contributed by atoms with E-state index >= 15 is 0 Å². The Morgan fingerprint density at radius 2 is 1.77 bits per heavy atom. The Hall–Kier alpha value is -3.16. The summed E-state index contributed by atoms with van der Waals surface area (Å²) in [4.78, 5) is 56.1. The molecule has 1 atom stereocenters. The Morgan fingerprint density at radius 1 is 1.07 bits per heavy atom. The monoisotopic (exact) mass is 410 g/mol. The highest BCUT2D eigenvalue weighted by atomic mass is 16.2. The van der Waals surface area contributed by atoms with Crippen molar-refractivity contribution in [3.63, 3.8) is 0 Å². The molecule has 30 heavy (non-hydrogen) atoms. The smallest absolute Gasteiger partial charge is 0.328 e. The van der Waals surface area contributed by atoms with Crippen LogP contribution in [0.5, 0.6) is 0 Å². The number of carbonyl (C=O) groups is 2. The molecule has 1 aromatic carbocycles. The highest BCUT2D eigenvalue weighted by Gasteiger charge is 2.52. The third-order valence-electron chi connectivity index (χ3n) is 6.20. The van der Waals surface area contributed by atoms with E-state index in [-0.39, 0.29) is 18.4 Å². The lowest BCUT2D eigenvalue weighted by molar-refractivity contribution is -0.156. The number of aryl methyl sites for hydroxylation is 1. The molecule has 158 valence electrons. The van der Waals surface area contributed by atoms with Gasteiger partial charge in [-0.05, 0) is 38.2 Å². The molecular weight excluding hydrogens is 384 g/mol. The van der Waals surface area contributed by atoms with Crippen molar-refractivity contribution in [3.8, 4) is 0 Å². The number of nitrogens with one attached hydrogen (secondary N) is 1. The fourth-order valence-electron chi connectivity index (χ4n) is 4.71. The van der Waals surface area contributed by atoms with Crippen molar-refractivity contribution in [3.05, 3.63) is 68.5 Å². The van der Waals surface area contributed by atoms with Gasteiger partial charge in [0.05, 0.1) is 0 Å². The average Bonchev–Trinajstić information content (AvgIpc) is 3.15. The van der Waals surface area contributed by atoms with Gasteiger partial charge in [0, 0.05) is 31.4 Å². The molecule has 2 aliphatic rings. The second-order valence-corrected chi connectivity index (χ2v) is 8.20. The van der Waals surface area contributed by atoms with Gasteiger partial charge in [-0.3, -0.25) is 23.9 Å². The SMILES string of the molecule is Cc1cn(CC(=O)N2CCCC23CCCN(Cc2ccccc2)C3=O)c(=O)[nH]c1=O. The normalized spacial score (nSPS) is 21.4. The number of aromatic nitrogens is 2. The summed E-state index contributed by atoms with van der Waals surface area (Å²) >= 11 is 0. The number of hydrogen-bond acceptors (Lipinski definition) is 4.